The van der Waals surface area contributed by atoms with E-state index in [2.05, 4.69) is 66.2 Å². The fraction of sp³-hybridized carbons (Fsp3) is 0.517. The van der Waals surface area contributed by atoms with Crippen LogP contribution in [-0.2, 0) is 0 Å². The second kappa shape index (κ2) is 20.4. The summed E-state index contributed by atoms with van der Waals surface area (Å²) in [7, 11) is 5.26. The lowest BCUT2D eigenvalue weighted by Gasteiger charge is -2.28. The Morgan fingerprint density at radius 2 is 1.74 bits per heavy atom. The van der Waals surface area contributed by atoms with Crippen LogP contribution in [0.1, 0.15) is 70.3 Å². The molecule has 0 spiro atoms. The zero-order valence-corrected chi connectivity index (χ0v) is 24.9. The van der Waals surface area contributed by atoms with Crippen LogP contribution >= 0.6 is 15.9 Å². The maximum atomic E-state index is 11.4. The summed E-state index contributed by atoms with van der Waals surface area (Å²) in [5.41, 5.74) is 4.24. The van der Waals surface area contributed by atoms with Crippen LogP contribution in [0, 0.1) is 6.92 Å². The van der Waals surface area contributed by atoms with E-state index in [-0.39, 0.29) is 5.91 Å². The summed E-state index contributed by atoms with van der Waals surface area (Å²) in [6.07, 6.45) is 8.21. The van der Waals surface area contributed by atoms with Crippen molar-refractivity contribution in [2.75, 3.05) is 34.2 Å². The minimum atomic E-state index is 0.0509. The van der Waals surface area contributed by atoms with Crippen molar-refractivity contribution >= 4 is 28.1 Å². The Bertz CT molecular complexity index is 792. The minimum absolute atomic E-state index is 0.0509. The summed E-state index contributed by atoms with van der Waals surface area (Å²) in [6.45, 7) is 21.2. The lowest BCUT2D eigenvalue weighted by molar-refractivity contribution is 0.0827. The molecule has 0 heterocycles. The van der Waals surface area contributed by atoms with Crippen LogP contribution in [0.2, 0.25) is 0 Å². The molecule has 192 valence electrons. The van der Waals surface area contributed by atoms with Crippen LogP contribution in [0.4, 0.5) is 0 Å². The first-order chi connectivity index (χ1) is 16.1. The molecule has 1 rings (SSSR count). The average molecular weight is 535 g/mol. The van der Waals surface area contributed by atoms with Gasteiger partial charge in [-0.15, -0.1) is 0 Å². The van der Waals surface area contributed by atoms with Crippen LogP contribution in [-0.4, -0.2) is 62.2 Å². The largest absolute Gasteiger partial charge is 0.345 e. The summed E-state index contributed by atoms with van der Waals surface area (Å²) in [6, 6.07) is 8.20. The number of rotatable bonds is 10. The zero-order valence-electron chi connectivity index (χ0n) is 23.3. The molecular weight excluding hydrogens is 486 g/mol. The van der Waals surface area contributed by atoms with Gasteiger partial charge in [-0.05, 0) is 63.9 Å². The summed E-state index contributed by atoms with van der Waals surface area (Å²) >= 11 is 3.52. The van der Waals surface area contributed by atoms with Crippen LogP contribution in [0.3, 0.4) is 0 Å². The maximum Gasteiger partial charge on any atom is 0.253 e. The van der Waals surface area contributed by atoms with Gasteiger partial charge >= 0.3 is 0 Å². The van der Waals surface area contributed by atoms with Gasteiger partial charge in [-0.25, -0.2) is 0 Å². The molecule has 34 heavy (non-hydrogen) atoms. The number of halogens is 1. The van der Waals surface area contributed by atoms with E-state index in [1.165, 1.54) is 24.0 Å². The van der Waals surface area contributed by atoms with Crippen LogP contribution < -0.4 is 0 Å². The first kappa shape index (κ1) is 34.2. The molecule has 0 fully saturated rings. The first-order valence-corrected chi connectivity index (χ1v) is 13.0. The monoisotopic (exact) mass is 533 g/mol. The quantitative estimate of drug-likeness (QED) is 0.228. The molecule has 0 aliphatic heterocycles. The van der Waals surface area contributed by atoms with Gasteiger partial charge < -0.3 is 4.90 Å². The number of carbonyl (C=O) groups is 1. The van der Waals surface area contributed by atoms with Gasteiger partial charge in [0.15, 0.2) is 0 Å². The molecule has 1 amide bonds. The SMILES string of the molecule is C=C(/C=C(\C)CN(CCC)[C@H](C)CC)/C(Br)=C\C=NC.CC.Cc1ccc(C(=O)N(C)C)cc1. The molecule has 1 atom stereocenters. The summed E-state index contributed by atoms with van der Waals surface area (Å²) in [5.74, 6) is 0.0509. The lowest BCUT2D eigenvalue weighted by atomic mass is 10.1. The van der Waals surface area contributed by atoms with Gasteiger partial charge in [-0.2, -0.15) is 0 Å². The van der Waals surface area contributed by atoms with Crippen LogP contribution in [0.5, 0.6) is 0 Å². The number of benzene rings is 1. The standard InChI is InChI=1S/C17H29BrN2.C10H13NO.C2H6/c1-7-11-20(16(5)8-2)13-14(3)12-15(4)17(18)9-10-19-6;1-8-4-6-9(7-5-8)10(12)11(2)3;1-2/h9-10,12,16H,4,7-8,11,13H2,1-3,5-6H3;4-7H,1-3H3;1-2H3/b14-12+,17-9+,19-10?;;/t16-;;/m1../s1. The van der Waals surface area contributed by atoms with E-state index in [9.17, 15) is 4.79 Å². The van der Waals surface area contributed by atoms with Gasteiger partial charge in [0.25, 0.3) is 5.91 Å². The van der Waals surface area contributed by atoms with Crippen molar-refractivity contribution in [1.82, 2.24) is 9.80 Å². The number of aliphatic imine (C=N–C) groups is 1. The molecule has 0 N–H and O–H groups in total. The Balaban J connectivity index is 0. The van der Waals surface area contributed by atoms with E-state index in [4.69, 9.17) is 0 Å². The normalized spacial score (nSPS) is 12.5. The Kier molecular flexibility index (Phi) is 20.5. The van der Waals surface area contributed by atoms with E-state index in [1.54, 1.807) is 32.3 Å². The fourth-order valence-electron chi connectivity index (χ4n) is 2.93. The van der Waals surface area contributed by atoms with E-state index >= 15 is 0 Å². The molecule has 0 aliphatic carbocycles. The van der Waals surface area contributed by atoms with Crippen molar-refractivity contribution in [2.45, 2.75) is 67.3 Å². The third-order valence-corrected chi connectivity index (χ3v) is 5.75. The molecule has 1 aromatic carbocycles. The highest BCUT2D eigenvalue weighted by Crippen LogP contribution is 2.18. The summed E-state index contributed by atoms with van der Waals surface area (Å²) in [4.78, 5) is 19.4. The van der Waals surface area contributed by atoms with E-state index in [1.807, 2.05) is 51.1 Å². The molecule has 0 radical (unpaired) electrons. The molecule has 1 aromatic rings. The average Bonchev–Trinajstić information content (AvgIpc) is 2.83. The molecule has 0 bridgehead atoms. The van der Waals surface area contributed by atoms with E-state index in [0.717, 1.165) is 28.7 Å². The second-order valence-electron chi connectivity index (χ2n) is 8.23. The Morgan fingerprint density at radius 1 is 1.18 bits per heavy atom. The second-order valence-corrected chi connectivity index (χ2v) is 9.09. The maximum absolute atomic E-state index is 11.4. The van der Waals surface area contributed by atoms with Crippen molar-refractivity contribution in [2.24, 2.45) is 4.99 Å². The highest BCUT2D eigenvalue weighted by atomic mass is 79.9. The highest BCUT2D eigenvalue weighted by molar-refractivity contribution is 9.12. The van der Waals surface area contributed by atoms with Crippen molar-refractivity contribution in [1.29, 1.82) is 0 Å². The Hall–Kier alpha value is -1.98. The van der Waals surface area contributed by atoms with Gasteiger partial charge in [0, 0.05) is 50.0 Å². The van der Waals surface area contributed by atoms with Gasteiger partial charge in [-0.3, -0.25) is 14.7 Å². The third kappa shape index (κ3) is 15.0. The highest BCUT2D eigenvalue weighted by Gasteiger charge is 2.11. The minimum Gasteiger partial charge on any atom is -0.345 e. The number of nitrogens with zero attached hydrogens (tertiary/aromatic N) is 3. The lowest BCUT2D eigenvalue weighted by Crippen LogP contribution is -2.34. The number of hydrogen-bond acceptors (Lipinski definition) is 3. The molecule has 0 aliphatic rings. The number of carbonyl (C=O) groups excluding carboxylic acids is 1. The predicted molar refractivity (Wildman–Crippen MR) is 156 cm³/mol. The number of allylic oxidation sites excluding steroid dienone is 4. The smallest absolute Gasteiger partial charge is 0.253 e. The van der Waals surface area contributed by atoms with Crippen LogP contribution in [0.25, 0.3) is 0 Å². The predicted octanol–water partition coefficient (Wildman–Crippen LogP) is 7.70. The van der Waals surface area contributed by atoms with Crippen molar-refractivity contribution in [3.05, 3.63) is 69.8 Å². The first-order valence-electron chi connectivity index (χ1n) is 12.2. The van der Waals surface area contributed by atoms with Gasteiger partial charge in [-0.1, -0.05) is 79.5 Å². The van der Waals surface area contributed by atoms with E-state index in [0.29, 0.717) is 6.04 Å². The third-order valence-electron chi connectivity index (χ3n) is 4.98. The molecule has 0 unspecified atom stereocenters. The molecule has 5 heteroatoms. The van der Waals surface area contributed by atoms with Gasteiger partial charge in [0.1, 0.15) is 0 Å². The topological polar surface area (TPSA) is 35.9 Å². The molecule has 0 aromatic heterocycles. The number of hydrogen-bond donors (Lipinski definition) is 0. The number of amides is 1. The molecule has 0 saturated heterocycles. The zero-order chi connectivity index (χ0) is 26.7. The fourth-order valence-corrected chi connectivity index (χ4v) is 3.17. The summed E-state index contributed by atoms with van der Waals surface area (Å²) in [5, 5.41) is 0. The Morgan fingerprint density at radius 3 is 2.18 bits per heavy atom. The molecule has 0 saturated carbocycles. The van der Waals surface area contributed by atoms with E-state index < -0.39 is 0 Å². The summed E-state index contributed by atoms with van der Waals surface area (Å²) < 4.78 is 0.980. The molecule has 4 nitrogen and oxygen atoms in total. The van der Waals surface area contributed by atoms with Gasteiger partial charge in [0.05, 0.1) is 0 Å². The van der Waals surface area contributed by atoms with Crippen molar-refractivity contribution in [3.8, 4) is 0 Å². The van der Waals surface area contributed by atoms with Crippen molar-refractivity contribution < 1.29 is 4.79 Å². The number of aryl methyl sites for hydroxylation is 1. The van der Waals surface area contributed by atoms with Crippen molar-refractivity contribution in [3.63, 3.8) is 0 Å². The van der Waals surface area contributed by atoms with Crippen LogP contribution in [0.15, 0.2) is 63.6 Å². The molecular formula is C29H48BrN3O. The Labute approximate surface area is 218 Å². The van der Waals surface area contributed by atoms with Gasteiger partial charge in [0.2, 0.25) is 0 Å².